The van der Waals surface area contributed by atoms with E-state index in [0.717, 1.165) is 5.56 Å². The number of likely N-dealkylation sites (N-methyl/N-ethyl adjacent to an activating group) is 1. The summed E-state index contributed by atoms with van der Waals surface area (Å²) in [6.45, 7) is 2.07. The van der Waals surface area contributed by atoms with Gasteiger partial charge in [0.05, 0.1) is 12.3 Å². The van der Waals surface area contributed by atoms with Gasteiger partial charge in [0.25, 0.3) is 5.91 Å². The minimum absolute atomic E-state index is 0.107. The second-order valence-corrected chi connectivity index (χ2v) is 6.75. The van der Waals surface area contributed by atoms with Crippen molar-refractivity contribution in [3.63, 3.8) is 0 Å². The summed E-state index contributed by atoms with van der Waals surface area (Å²) in [4.78, 5) is 43.0. The van der Waals surface area contributed by atoms with Crippen LogP contribution in [-0.4, -0.2) is 53.6 Å². The smallest absolute Gasteiger partial charge is 0.323 e. The maximum absolute atomic E-state index is 12.4. The average Bonchev–Trinajstić information content (AvgIpc) is 3.23. The minimum Gasteiger partial charge on any atom is -0.478 e. The van der Waals surface area contributed by atoms with E-state index in [2.05, 4.69) is 25.9 Å². The minimum atomic E-state index is -0.768. The molecule has 0 saturated carbocycles. The second-order valence-electron chi connectivity index (χ2n) is 6.75. The van der Waals surface area contributed by atoms with Crippen LogP contribution in [0.4, 0.5) is 11.6 Å². The van der Waals surface area contributed by atoms with E-state index in [4.69, 9.17) is 9.47 Å². The number of aromatic nitrogens is 2. The highest BCUT2D eigenvalue weighted by atomic mass is 16.5. The predicted octanol–water partition coefficient (Wildman–Crippen LogP) is 1.22. The number of esters is 1. The van der Waals surface area contributed by atoms with Gasteiger partial charge in [-0.25, -0.2) is 4.98 Å². The van der Waals surface area contributed by atoms with E-state index in [9.17, 15) is 14.4 Å². The molecule has 0 bridgehead atoms. The van der Waals surface area contributed by atoms with Crippen LogP contribution in [0.3, 0.4) is 0 Å². The fourth-order valence-electron chi connectivity index (χ4n) is 3.09. The Balaban J connectivity index is 1.58. The number of H-pyrrole nitrogens is 1. The van der Waals surface area contributed by atoms with Gasteiger partial charge in [-0.15, -0.1) is 0 Å². The molecule has 160 valence electrons. The van der Waals surface area contributed by atoms with Gasteiger partial charge in [-0.05, 0) is 38.1 Å². The number of aromatic amines is 1. The Bertz CT molecular complexity index is 899. The predicted molar refractivity (Wildman–Crippen MR) is 109 cm³/mol. The molecule has 4 N–H and O–H groups in total. The van der Waals surface area contributed by atoms with Crippen LogP contribution in [0.1, 0.15) is 25.3 Å². The van der Waals surface area contributed by atoms with Gasteiger partial charge in [-0.2, -0.15) is 0 Å². The Kier molecular flexibility index (Phi) is 7.02. The monoisotopic (exact) mass is 415 g/mol. The van der Waals surface area contributed by atoms with E-state index in [1.54, 1.807) is 32.3 Å². The number of carbonyl (C=O) groups excluding carboxylic acids is 3. The first-order chi connectivity index (χ1) is 14.5. The molecule has 10 nitrogen and oxygen atoms in total. The molecule has 1 aliphatic rings. The first kappa shape index (κ1) is 21.3. The molecule has 0 spiro atoms. The molecule has 0 unspecified atom stereocenters. The van der Waals surface area contributed by atoms with Gasteiger partial charge in [-0.3, -0.25) is 19.7 Å². The van der Waals surface area contributed by atoms with E-state index in [0.29, 0.717) is 30.4 Å². The van der Waals surface area contributed by atoms with Gasteiger partial charge < -0.3 is 25.1 Å². The number of imidazole rings is 1. The summed E-state index contributed by atoms with van der Waals surface area (Å²) in [5, 5.41) is 8.36. The SMILES string of the molecule is CCOC(=O)[C@H](Cc1ccc2c(c1)NC(=O)[C@@H](CCC(=O)Nc1ncc[nH]1)O2)NC. The van der Waals surface area contributed by atoms with Gasteiger partial charge in [0, 0.05) is 25.2 Å². The highest BCUT2D eigenvalue weighted by Gasteiger charge is 2.29. The lowest BCUT2D eigenvalue weighted by Crippen LogP contribution is -2.38. The number of hydrogen-bond donors (Lipinski definition) is 4. The van der Waals surface area contributed by atoms with Crippen LogP contribution >= 0.6 is 0 Å². The van der Waals surface area contributed by atoms with Gasteiger partial charge in [0.2, 0.25) is 11.9 Å². The number of amides is 2. The largest absolute Gasteiger partial charge is 0.478 e. The van der Waals surface area contributed by atoms with Crippen LogP contribution < -0.4 is 20.7 Å². The number of rotatable bonds is 9. The Hall–Kier alpha value is -3.40. The lowest BCUT2D eigenvalue weighted by Gasteiger charge is -2.26. The zero-order chi connectivity index (χ0) is 21.5. The lowest BCUT2D eigenvalue weighted by molar-refractivity contribution is -0.145. The summed E-state index contributed by atoms with van der Waals surface area (Å²) in [6.07, 6.45) is 3.11. The molecule has 1 aromatic heterocycles. The zero-order valence-electron chi connectivity index (χ0n) is 16.9. The van der Waals surface area contributed by atoms with Crippen LogP contribution in [-0.2, 0) is 25.5 Å². The summed E-state index contributed by atoms with van der Waals surface area (Å²) >= 11 is 0. The van der Waals surface area contributed by atoms with Crippen molar-refractivity contribution in [3.8, 4) is 5.75 Å². The molecule has 2 atom stereocenters. The number of nitrogens with one attached hydrogen (secondary N) is 4. The van der Waals surface area contributed by atoms with Crippen molar-refractivity contribution in [2.45, 2.75) is 38.3 Å². The van der Waals surface area contributed by atoms with Crippen LogP contribution in [0.15, 0.2) is 30.6 Å². The second kappa shape index (κ2) is 9.88. The fraction of sp³-hybridized carbons (Fsp3) is 0.400. The van der Waals surface area contributed by atoms with Gasteiger partial charge >= 0.3 is 5.97 Å². The number of ether oxygens (including phenoxy) is 2. The Morgan fingerprint density at radius 3 is 2.90 bits per heavy atom. The number of fused-ring (bicyclic) bond motifs is 1. The number of carbonyl (C=O) groups is 3. The van der Waals surface area contributed by atoms with Crippen LogP contribution in [0.2, 0.25) is 0 Å². The zero-order valence-corrected chi connectivity index (χ0v) is 16.9. The third-order valence-corrected chi connectivity index (χ3v) is 4.61. The van der Waals surface area contributed by atoms with Crippen molar-refractivity contribution in [1.29, 1.82) is 0 Å². The molecule has 2 heterocycles. The molecule has 0 aliphatic carbocycles. The van der Waals surface area contributed by atoms with Crippen LogP contribution in [0, 0.1) is 0 Å². The molecule has 0 fully saturated rings. The molecule has 1 aromatic carbocycles. The van der Waals surface area contributed by atoms with Crippen molar-refractivity contribution in [3.05, 3.63) is 36.2 Å². The molecule has 1 aliphatic heterocycles. The van der Waals surface area contributed by atoms with Crippen molar-refractivity contribution in [2.75, 3.05) is 24.3 Å². The van der Waals surface area contributed by atoms with E-state index < -0.39 is 12.1 Å². The summed E-state index contributed by atoms with van der Waals surface area (Å²) in [5.74, 6) is -0.0343. The number of nitrogens with zero attached hydrogens (tertiary/aromatic N) is 1. The first-order valence-corrected chi connectivity index (χ1v) is 9.73. The highest BCUT2D eigenvalue weighted by Crippen LogP contribution is 2.32. The van der Waals surface area contributed by atoms with Gasteiger partial charge in [0.15, 0.2) is 6.10 Å². The molecule has 2 amide bonds. The average molecular weight is 415 g/mol. The highest BCUT2D eigenvalue weighted by molar-refractivity contribution is 5.98. The van der Waals surface area contributed by atoms with Crippen molar-refractivity contribution in [1.82, 2.24) is 15.3 Å². The standard InChI is InChI=1S/C20H25N5O5/c1-3-29-19(28)14(21-2)11-12-4-5-15-13(10-12)24-18(27)16(30-15)6-7-17(26)25-20-22-8-9-23-20/h4-5,8-10,14,16,21H,3,6-7,11H2,1-2H3,(H,24,27)(H2,22,23,25,26)/t14-,16+/m0/s1. The van der Waals surface area contributed by atoms with Crippen LogP contribution in [0.5, 0.6) is 5.75 Å². The van der Waals surface area contributed by atoms with Crippen molar-refractivity contribution >= 4 is 29.4 Å². The van der Waals surface area contributed by atoms with E-state index in [1.807, 2.05) is 6.07 Å². The normalized spacial score (nSPS) is 16.1. The lowest BCUT2D eigenvalue weighted by atomic mass is 10.0. The van der Waals surface area contributed by atoms with Crippen LogP contribution in [0.25, 0.3) is 0 Å². The molecular formula is C20H25N5O5. The van der Waals surface area contributed by atoms with Gasteiger partial charge in [0.1, 0.15) is 11.8 Å². The van der Waals surface area contributed by atoms with Crippen molar-refractivity contribution < 1.29 is 23.9 Å². The Morgan fingerprint density at radius 1 is 1.37 bits per heavy atom. The summed E-state index contributed by atoms with van der Waals surface area (Å²) < 4.78 is 10.8. The maximum Gasteiger partial charge on any atom is 0.323 e. The molecule has 2 aromatic rings. The summed E-state index contributed by atoms with van der Waals surface area (Å²) in [7, 11) is 1.69. The quantitative estimate of drug-likeness (QED) is 0.452. The molecule has 0 saturated heterocycles. The number of anilines is 2. The Morgan fingerprint density at radius 2 is 2.20 bits per heavy atom. The first-order valence-electron chi connectivity index (χ1n) is 9.73. The topological polar surface area (TPSA) is 134 Å². The van der Waals surface area contributed by atoms with E-state index in [-0.39, 0.29) is 30.6 Å². The third-order valence-electron chi connectivity index (χ3n) is 4.61. The summed E-state index contributed by atoms with van der Waals surface area (Å²) in [5.41, 5.74) is 1.38. The maximum atomic E-state index is 12.4. The number of benzene rings is 1. The molecular weight excluding hydrogens is 390 g/mol. The molecule has 0 radical (unpaired) electrons. The molecule has 30 heavy (non-hydrogen) atoms. The van der Waals surface area contributed by atoms with E-state index >= 15 is 0 Å². The number of hydrogen-bond acceptors (Lipinski definition) is 7. The molecule has 10 heteroatoms. The molecule has 3 rings (SSSR count). The fourth-order valence-corrected chi connectivity index (χ4v) is 3.09. The van der Waals surface area contributed by atoms with E-state index in [1.165, 1.54) is 6.20 Å². The van der Waals surface area contributed by atoms with Gasteiger partial charge in [-0.1, -0.05) is 6.07 Å². The summed E-state index contributed by atoms with van der Waals surface area (Å²) in [6, 6.07) is 4.87. The van der Waals surface area contributed by atoms with Crippen molar-refractivity contribution in [2.24, 2.45) is 0 Å². The Labute approximate surface area is 173 Å². The third kappa shape index (κ3) is 5.35.